The van der Waals surface area contributed by atoms with Crippen LogP contribution >= 0.6 is 11.8 Å². The van der Waals surface area contributed by atoms with Gasteiger partial charge in [-0.05, 0) is 12.1 Å². The number of aromatic nitrogens is 3. The lowest BCUT2D eigenvalue weighted by Gasteiger charge is -2.13. The number of hydrogen-bond acceptors (Lipinski definition) is 4. The lowest BCUT2D eigenvalue weighted by molar-refractivity contribution is -0.137. The van der Waals surface area contributed by atoms with Crippen LogP contribution in [-0.2, 0) is 23.4 Å². The molecule has 0 radical (unpaired) electrons. The summed E-state index contributed by atoms with van der Waals surface area (Å²) in [5, 5.41) is 7.45. The zero-order chi connectivity index (χ0) is 18.8. The van der Waals surface area contributed by atoms with Crippen LogP contribution in [0.25, 0.3) is 0 Å². The van der Waals surface area contributed by atoms with Crippen molar-refractivity contribution in [1.29, 1.82) is 0 Å². The third-order valence-corrected chi connectivity index (χ3v) is 4.27. The Balaban J connectivity index is 1.94. The van der Waals surface area contributed by atoms with E-state index in [1.807, 2.05) is 20.8 Å². The maximum Gasteiger partial charge on any atom is 0.417 e. The molecule has 1 amide bonds. The van der Waals surface area contributed by atoms with Crippen molar-refractivity contribution >= 4 is 23.5 Å². The van der Waals surface area contributed by atoms with Crippen LogP contribution < -0.4 is 5.32 Å². The van der Waals surface area contributed by atoms with Gasteiger partial charge in [-0.1, -0.05) is 32.5 Å². The fourth-order valence-electron chi connectivity index (χ4n) is 1.90. The summed E-state index contributed by atoms with van der Waals surface area (Å²) >= 11 is 1.07. The molecule has 25 heavy (non-hydrogen) atoms. The van der Waals surface area contributed by atoms with Crippen molar-refractivity contribution < 1.29 is 18.0 Å². The summed E-state index contributed by atoms with van der Waals surface area (Å²) in [5.41, 5.74) is -0.104. The highest BCUT2D eigenvalue weighted by atomic mass is 32.2. The summed E-state index contributed by atoms with van der Waals surface area (Å²) in [7, 11) is 1.73. The molecular formula is C16H19F3N4OS. The molecule has 0 spiro atoms. The minimum Gasteiger partial charge on any atom is -0.310 e. The number of carbonyl (C=O) groups is 1. The minimum absolute atomic E-state index is 0.0361. The maximum absolute atomic E-state index is 12.5. The first-order valence-electron chi connectivity index (χ1n) is 7.47. The molecule has 9 heteroatoms. The van der Waals surface area contributed by atoms with E-state index in [0.29, 0.717) is 10.8 Å². The standard InChI is InChI=1S/C16H19F3N4OS/c1-15(2,3)11-7-12(23(4)22-11)21-13(24)9-25-14-6-5-10(8-20-14)16(17,18)19/h5-8H,9H2,1-4H3,(H,21,24). The second-order valence-electron chi connectivity index (χ2n) is 6.51. The van der Waals surface area contributed by atoms with E-state index in [0.717, 1.165) is 29.7 Å². The van der Waals surface area contributed by atoms with Crippen molar-refractivity contribution in [3.63, 3.8) is 0 Å². The van der Waals surface area contributed by atoms with Gasteiger partial charge in [0.15, 0.2) is 0 Å². The monoisotopic (exact) mass is 372 g/mol. The zero-order valence-corrected chi connectivity index (χ0v) is 15.1. The number of aryl methyl sites for hydroxylation is 1. The number of pyridine rings is 1. The number of anilines is 1. The summed E-state index contributed by atoms with van der Waals surface area (Å²) in [5.74, 6) is 0.319. The van der Waals surface area contributed by atoms with Crippen LogP contribution in [0.2, 0.25) is 0 Å². The van der Waals surface area contributed by atoms with Gasteiger partial charge in [0.2, 0.25) is 5.91 Å². The number of carbonyl (C=O) groups excluding carboxylic acids is 1. The minimum atomic E-state index is -4.42. The Morgan fingerprint density at radius 2 is 1.96 bits per heavy atom. The first-order chi connectivity index (χ1) is 11.5. The lowest BCUT2D eigenvalue weighted by atomic mass is 9.92. The number of amides is 1. The summed E-state index contributed by atoms with van der Waals surface area (Å²) in [6.45, 7) is 6.06. The summed E-state index contributed by atoms with van der Waals surface area (Å²) in [4.78, 5) is 15.8. The molecule has 2 rings (SSSR count). The molecule has 0 aliphatic carbocycles. The van der Waals surface area contributed by atoms with Gasteiger partial charge in [-0.25, -0.2) is 4.98 Å². The normalized spacial score (nSPS) is 12.3. The van der Waals surface area contributed by atoms with Crippen LogP contribution in [0.1, 0.15) is 32.0 Å². The molecule has 5 nitrogen and oxygen atoms in total. The van der Waals surface area contributed by atoms with E-state index < -0.39 is 11.7 Å². The van der Waals surface area contributed by atoms with Crippen molar-refractivity contribution in [2.24, 2.45) is 7.05 Å². The number of alkyl halides is 3. The van der Waals surface area contributed by atoms with E-state index in [9.17, 15) is 18.0 Å². The number of hydrogen-bond donors (Lipinski definition) is 1. The lowest BCUT2D eigenvalue weighted by Crippen LogP contribution is -2.16. The van der Waals surface area contributed by atoms with Gasteiger partial charge in [-0.2, -0.15) is 18.3 Å². The SMILES string of the molecule is Cn1nc(C(C)(C)C)cc1NC(=O)CSc1ccc(C(F)(F)F)cn1. The Labute approximate surface area is 148 Å². The number of rotatable bonds is 4. The summed E-state index contributed by atoms with van der Waals surface area (Å²) in [6, 6.07) is 4.01. The molecule has 0 aliphatic heterocycles. The molecule has 1 N–H and O–H groups in total. The van der Waals surface area contributed by atoms with Crippen LogP contribution in [0.5, 0.6) is 0 Å². The average Bonchev–Trinajstić information content (AvgIpc) is 2.86. The predicted octanol–water partition coefficient (Wildman–Crippen LogP) is 3.86. The topological polar surface area (TPSA) is 59.8 Å². The molecule has 0 atom stereocenters. The van der Waals surface area contributed by atoms with E-state index in [2.05, 4.69) is 15.4 Å². The van der Waals surface area contributed by atoms with Crippen molar-refractivity contribution in [2.75, 3.05) is 11.1 Å². The summed E-state index contributed by atoms with van der Waals surface area (Å²) < 4.78 is 39.0. The van der Waals surface area contributed by atoms with Crippen LogP contribution in [0.4, 0.5) is 19.0 Å². The molecule has 0 aromatic carbocycles. The third kappa shape index (κ3) is 5.22. The molecule has 0 unspecified atom stereocenters. The van der Waals surface area contributed by atoms with E-state index in [-0.39, 0.29) is 17.1 Å². The van der Waals surface area contributed by atoms with Gasteiger partial charge in [0, 0.05) is 24.7 Å². The molecule has 0 aliphatic rings. The highest BCUT2D eigenvalue weighted by molar-refractivity contribution is 7.99. The van der Waals surface area contributed by atoms with Gasteiger partial charge in [0.1, 0.15) is 5.82 Å². The van der Waals surface area contributed by atoms with Gasteiger partial charge in [0.05, 0.1) is 22.0 Å². The van der Waals surface area contributed by atoms with Gasteiger partial charge < -0.3 is 5.32 Å². The van der Waals surface area contributed by atoms with Crippen molar-refractivity contribution in [3.8, 4) is 0 Å². The molecule has 2 heterocycles. The fourth-order valence-corrected chi connectivity index (χ4v) is 2.55. The first-order valence-corrected chi connectivity index (χ1v) is 8.46. The van der Waals surface area contributed by atoms with Crippen molar-refractivity contribution in [2.45, 2.75) is 37.4 Å². The van der Waals surface area contributed by atoms with Gasteiger partial charge >= 0.3 is 6.18 Å². The zero-order valence-electron chi connectivity index (χ0n) is 14.3. The Bertz CT molecular complexity index is 748. The van der Waals surface area contributed by atoms with Crippen molar-refractivity contribution in [1.82, 2.24) is 14.8 Å². The first kappa shape index (κ1) is 19.3. The highest BCUT2D eigenvalue weighted by Crippen LogP contribution is 2.29. The number of halogens is 3. The summed E-state index contributed by atoms with van der Waals surface area (Å²) in [6.07, 6.45) is -3.66. The van der Waals surface area contributed by atoms with Gasteiger partial charge in [0.25, 0.3) is 0 Å². The fraction of sp³-hybridized carbons (Fsp3) is 0.438. The largest absolute Gasteiger partial charge is 0.417 e. The highest BCUT2D eigenvalue weighted by Gasteiger charge is 2.30. The second-order valence-corrected chi connectivity index (χ2v) is 7.50. The number of nitrogens with zero attached hydrogens (tertiary/aromatic N) is 3. The van der Waals surface area contributed by atoms with E-state index >= 15 is 0 Å². The number of thioether (sulfide) groups is 1. The van der Waals surface area contributed by atoms with Crippen LogP contribution in [-0.4, -0.2) is 26.4 Å². The van der Waals surface area contributed by atoms with E-state index in [1.165, 1.54) is 6.07 Å². The smallest absolute Gasteiger partial charge is 0.310 e. The average molecular weight is 372 g/mol. The molecule has 0 fully saturated rings. The van der Waals surface area contributed by atoms with Crippen LogP contribution in [0, 0.1) is 0 Å². The van der Waals surface area contributed by atoms with Gasteiger partial charge in [-0.3, -0.25) is 9.48 Å². The molecular weight excluding hydrogens is 353 g/mol. The van der Waals surface area contributed by atoms with Crippen molar-refractivity contribution in [3.05, 3.63) is 35.7 Å². The predicted molar refractivity (Wildman–Crippen MR) is 90.5 cm³/mol. The van der Waals surface area contributed by atoms with Crippen LogP contribution in [0.3, 0.4) is 0 Å². The Morgan fingerprint density at radius 1 is 1.28 bits per heavy atom. The number of nitrogens with one attached hydrogen (secondary N) is 1. The Kier molecular flexibility index (Phi) is 5.46. The quantitative estimate of drug-likeness (QED) is 0.828. The second kappa shape index (κ2) is 7.07. The maximum atomic E-state index is 12.5. The molecule has 0 bridgehead atoms. The Hall–Kier alpha value is -2.03. The molecule has 2 aromatic heterocycles. The van der Waals surface area contributed by atoms with Crippen LogP contribution in [0.15, 0.2) is 29.4 Å². The molecule has 136 valence electrons. The van der Waals surface area contributed by atoms with Gasteiger partial charge in [-0.15, -0.1) is 0 Å². The Morgan fingerprint density at radius 3 is 2.44 bits per heavy atom. The van der Waals surface area contributed by atoms with E-state index in [1.54, 1.807) is 17.8 Å². The molecule has 0 saturated heterocycles. The van der Waals surface area contributed by atoms with E-state index in [4.69, 9.17) is 0 Å². The molecule has 0 saturated carbocycles. The third-order valence-electron chi connectivity index (χ3n) is 3.33. The molecule has 2 aromatic rings.